The molecular formula is C14H15N5O2S. The number of imidazole rings is 1. The zero-order chi connectivity index (χ0) is 15.3. The fourth-order valence-electron chi connectivity index (χ4n) is 2.77. The number of hydrogen-bond donors (Lipinski definition) is 1. The van der Waals surface area contributed by atoms with Crippen molar-refractivity contribution in [3.8, 4) is 11.5 Å². The Hall–Kier alpha value is -2.22. The first-order valence-electron chi connectivity index (χ1n) is 7.10. The van der Waals surface area contributed by atoms with Gasteiger partial charge in [-0.3, -0.25) is 9.20 Å². The molecule has 1 aliphatic heterocycles. The highest BCUT2D eigenvalue weighted by atomic mass is 32.1. The molecule has 1 amide bonds. The van der Waals surface area contributed by atoms with Gasteiger partial charge >= 0.3 is 0 Å². The molecule has 4 rings (SSSR count). The molecule has 0 aromatic carbocycles. The van der Waals surface area contributed by atoms with Crippen LogP contribution in [0.1, 0.15) is 31.4 Å². The molecule has 3 aromatic rings. The SMILES string of the molecule is Cc1nc2sccn2c1-c1noc(C2(C)CCC(=O)NC2)n1. The van der Waals surface area contributed by atoms with Crippen LogP contribution in [0.5, 0.6) is 0 Å². The van der Waals surface area contributed by atoms with Crippen molar-refractivity contribution in [2.45, 2.75) is 32.1 Å². The molecule has 0 bridgehead atoms. The summed E-state index contributed by atoms with van der Waals surface area (Å²) in [6, 6.07) is 0. The van der Waals surface area contributed by atoms with Gasteiger partial charge in [0.05, 0.1) is 11.1 Å². The Bertz CT molecular complexity index is 852. The summed E-state index contributed by atoms with van der Waals surface area (Å²) >= 11 is 1.57. The van der Waals surface area contributed by atoms with Crippen LogP contribution in [0.25, 0.3) is 16.5 Å². The van der Waals surface area contributed by atoms with Crippen molar-refractivity contribution in [1.29, 1.82) is 0 Å². The number of hydrogen-bond acceptors (Lipinski definition) is 6. The van der Waals surface area contributed by atoms with E-state index in [2.05, 4.69) is 20.4 Å². The van der Waals surface area contributed by atoms with E-state index in [1.807, 2.05) is 29.8 Å². The van der Waals surface area contributed by atoms with Crippen molar-refractivity contribution >= 4 is 22.2 Å². The quantitative estimate of drug-likeness (QED) is 0.780. The molecule has 4 heterocycles. The van der Waals surface area contributed by atoms with E-state index in [0.29, 0.717) is 31.1 Å². The number of amides is 1. The largest absolute Gasteiger partial charge is 0.355 e. The topological polar surface area (TPSA) is 85.3 Å². The number of carbonyl (C=O) groups excluding carboxylic acids is 1. The molecule has 22 heavy (non-hydrogen) atoms. The van der Waals surface area contributed by atoms with Gasteiger partial charge in [-0.25, -0.2) is 4.98 Å². The fourth-order valence-corrected chi connectivity index (χ4v) is 3.53. The zero-order valence-electron chi connectivity index (χ0n) is 12.3. The predicted octanol–water partition coefficient (Wildman–Crippen LogP) is 1.92. The molecule has 1 unspecified atom stereocenters. The summed E-state index contributed by atoms with van der Waals surface area (Å²) in [4.78, 5) is 21.3. The molecule has 1 saturated heterocycles. The van der Waals surface area contributed by atoms with E-state index in [-0.39, 0.29) is 11.3 Å². The van der Waals surface area contributed by atoms with Gasteiger partial charge in [0.25, 0.3) is 0 Å². The Labute approximate surface area is 130 Å². The monoisotopic (exact) mass is 317 g/mol. The van der Waals surface area contributed by atoms with Gasteiger partial charge in [-0.2, -0.15) is 4.98 Å². The summed E-state index contributed by atoms with van der Waals surface area (Å²) in [6.45, 7) is 4.49. The van der Waals surface area contributed by atoms with E-state index in [1.54, 1.807) is 11.3 Å². The van der Waals surface area contributed by atoms with E-state index in [9.17, 15) is 4.79 Å². The van der Waals surface area contributed by atoms with Crippen LogP contribution in [0.2, 0.25) is 0 Å². The summed E-state index contributed by atoms with van der Waals surface area (Å²) in [5.74, 6) is 1.17. The van der Waals surface area contributed by atoms with Crippen LogP contribution in [0, 0.1) is 6.92 Å². The normalized spacial score (nSPS) is 22.2. The van der Waals surface area contributed by atoms with Crippen molar-refractivity contribution in [1.82, 2.24) is 24.8 Å². The second kappa shape index (κ2) is 4.64. The minimum absolute atomic E-state index is 0.0730. The molecule has 7 nitrogen and oxygen atoms in total. The van der Waals surface area contributed by atoms with Crippen molar-refractivity contribution in [3.05, 3.63) is 23.2 Å². The standard InChI is InChI=1S/C14H15N5O2S/c1-8-10(19-5-6-22-13(19)16-8)11-17-12(21-18-11)14(2)4-3-9(20)15-7-14/h5-6H,3-4,7H2,1-2H3,(H,15,20). The number of aryl methyl sites for hydroxylation is 1. The Morgan fingerprint density at radius 2 is 2.32 bits per heavy atom. The number of carbonyl (C=O) groups is 1. The lowest BCUT2D eigenvalue weighted by Gasteiger charge is -2.29. The first-order chi connectivity index (χ1) is 10.6. The number of fused-ring (bicyclic) bond motifs is 1. The summed E-state index contributed by atoms with van der Waals surface area (Å²) < 4.78 is 7.47. The van der Waals surface area contributed by atoms with E-state index in [4.69, 9.17) is 4.52 Å². The minimum atomic E-state index is -0.314. The van der Waals surface area contributed by atoms with E-state index in [1.165, 1.54) is 0 Å². The van der Waals surface area contributed by atoms with Crippen molar-refractivity contribution in [3.63, 3.8) is 0 Å². The van der Waals surface area contributed by atoms with Crippen LogP contribution in [-0.4, -0.2) is 32.0 Å². The average Bonchev–Trinajstić information content (AvgIpc) is 3.18. The van der Waals surface area contributed by atoms with Crippen LogP contribution in [0.4, 0.5) is 0 Å². The molecule has 0 aliphatic carbocycles. The summed E-state index contributed by atoms with van der Waals surface area (Å²) in [7, 11) is 0. The van der Waals surface area contributed by atoms with Gasteiger partial charge in [-0.05, 0) is 20.3 Å². The Kier molecular flexibility index (Phi) is 2.83. The maximum Gasteiger partial charge on any atom is 0.234 e. The highest BCUT2D eigenvalue weighted by Gasteiger charge is 2.37. The Balaban J connectivity index is 1.74. The molecule has 114 valence electrons. The van der Waals surface area contributed by atoms with Gasteiger partial charge in [0.1, 0.15) is 5.69 Å². The maximum atomic E-state index is 11.3. The molecule has 1 N–H and O–H groups in total. The van der Waals surface area contributed by atoms with E-state index in [0.717, 1.165) is 16.3 Å². The third-order valence-corrected chi connectivity index (χ3v) is 4.93. The van der Waals surface area contributed by atoms with Gasteiger partial charge < -0.3 is 9.84 Å². The molecular weight excluding hydrogens is 302 g/mol. The molecule has 1 atom stereocenters. The summed E-state index contributed by atoms with van der Waals surface area (Å²) in [5, 5.41) is 8.98. The van der Waals surface area contributed by atoms with Gasteiger partial charge in [0.2, 0.25) is 17.6 Å². The number of thiazole rings is 1. The number of rotatable bonds is 2. The van der Waals surface area contributed by atoms with E-state index < -0.39 is 0 Å². The molecule has 1 aliphatic rings. The fraction of sp³-hybridized carbons (Fsp3) is 0.429. The predicted molar refractivity (Wildman–Crippen MR) is 80.7 cm³/mol. The van der Waals surface area contributed by atoms with Crippen molar-refractivity contribution in [2.75, 3.05) is 6.54 Å². The lowest BCUT2D eigenvalue weighted by molar-refractivity contribution is -0.123. The van der Waals surface area contributed by atoms with Gasteiger partial charge in [-0.1, -0.05) is 5.16 Å². The average molecular weight is 317 g/mol. The van der Waals surface area contributed by atoms with Gasteiger partial charge in [-0.15, -0.1) is 11.3 Å². The lowest BCUT2D eigenvalue weighted by Crippen LogP contribution is -2.44. The Morgan fingerprint density at radius 3 is 3.09 bits per heavy atom. The van der Waals surface area contributed by atoms with Crippen molar-refractivity contribution in [2.24, 2.45) is 0 Å². The first-order valence-corrected chi connectivity index (χ1v) is 7.98. The smallest absolute Gasteiger partial charge is 0.234 e. The van der Waals surface area contributed by atoms with Crippen LogP contribution in [0.3, 0.4) is 0 Å². The third-order valence-electron chi connectivity index (χ3n) is 4.17. The second-order valence-electron chi connectivity index (χ2n) is 5.86. The van der Waals surface area contributed by atoms with Crippen LogP contribution in [-0.2, 0) is 10.2 Å². The molecule has 3 aromatic heterocycles. The molecule has 0 spiro atoms. The third kappa shape index (κ3) is 1.94. The molecule has 8 heteroatoms. The summed E-state index contributed by atoms with van der Waals surface area (Å²) in [5.41, 5.74) is 1.42. The highest BCUT2D eigenvalue weighted by Crippen LogP contribution is 2.32. The molecule has 0 saturated carbocycles. The highest BCUT2D eigenvalue weighted by molar-refractivity contribution is 7.15. The van der Waals surface area contributed by atoms with Crippen LogP contribution in [0.15, 0.2) is 16.1 Å². The van der Waals surface area contributed by atoms with Gasteiger partial charge in [0.15, 0.2) is 4.96 Å². The zero-order valence-corrected chi connectivity index (χ0v) is 13.1. The summed E-state index contributed by atoms with van der Waals surface area (Å²) in [6.07, 6.45) is 3.14. The molecule has 0 radical (unpaired) electrons. The lowest BCUT2D eigenvalue weighted by atomic mass is 9.82. The minimum Gasteiger partial charge on any atom is -0.355 e. The van der Waals surface area contributed by atoms with E-state index >= 15 is 0 Å². The van der Waals surface area contributed by atoms with Crippen LogP contribution >= 0.6 is 11.3 Å². The number of piperidine rings is 1. The number of nitrogens with one attached hydrogen (secondary N) is 1. The van der Waals surface area contributed by atoms with Gasteiger partial charge in [0, 0.05) is 24.5 Å². The number of nitrogens with zero attached hydrogens (tertiary/aromatic N) is 4. The molecule has 1 fully saturated rings. The maximum absolute atomic E-state index is 11.3. The first kappa shape index (κ1) is 13.4. The second-order valence-corrected chi connectivity index (χ2v) is 6.73. The number of aromatic nitrogens is 4. The Morgan fingerprint density at radius 1 is 1.45 bits per heavy atom. The van der Waals surface area contributed by atoms with Crippen molar-refractivity contribution < 1.29 is 9.32 Å². The van der Waals surface area contributed by atoms with Crippen LogP contribution < -0.4 is 5.32 Å².